The molecule has 6 heteroatoms. The fourth-order valence-corrected chi connectivity index (χ4v) is 2.63. The highest BCUT2D eigenvalue weighted by Crippen LogP contribution is 2.18. The minimum atomic E-state index is -3.23. The van der Waals surface area contributed by atoms with Crippen LogP contribution in [0.2, 0.25) is 0 Å². The molecule has 0 unspecified atom stereocenters. The Bertz CT molecular complexity index is 443. The van der Waals surface area contributed by atoms with E-state index in [1.165, 1.54) is 12.8 Å². The fourth-order valence-electron chi connectivity index (χ4n) is 1.51. The Kier molecular flexibility index (Phi) is 3.96. The van der Waals surface area contributed by atoms with Crippen LogP contribution < -0.4 is 10.0 Å². The molecule has 2 rings (SSSR count). The molecular weight excluding hydrogens is 238 g/mol. The summed E-state index contributed by atoms with van der Waals surface area (Å²) in [7, 11) is -3.23. The average Bonchev–Trinajstić information content (AvgIpc) is 3.09. The molecule has 0 atom stereocenters. The predicted molar refractivity (Wildman–Crippen MR) is 67.3 cm³/mol. The molecule has 5 nitrogen and oxygen atoms in total. The second-order valence-electron chi connectivity index (χ2n) is 4.24. The molecule has 1 aromatic heterocycles. The van der Waals surface area contributed by atoms with Crippen molar-refractivity contribution in [3.05, 3.63) is 24.5 Å². The van der Waals surface area contributed by atoms with Gasteiger partial charge in [0.15, 0.2) is 0 Å². The van der Waals surface area contributed by atoms with Gasteiger partial charge < -0.3 is 5.32 Å². The average molecular weight is 255 g/mol. The summed E-state index contributed by atoms with van der Waals surface area (Å²) in [4.78, 5) is 3.83. The summed E-state index contributed by atoms with van der Waals surface area (Å²) < 4.78 is 25.9. The van der Waals surface area contributed by atoms with Crippen molar-refractivity contribution in [1.82, 2.24) is 10.3 Å². The first-order valence-electron chi connectivity index (χ1n) is 5.80. The van der Waals surface area contributed by atoms with Gasteiger partial charge in [0, 0.05) is 18.4 Å². The summed E-state index contributed by atoms with van der Waals surface area (Å²) in [6.07, 6.45) is 6.21. The second kappa shape index (κ2) is 5.46. The highest BCUT2D eigenvalue weighted by atomic mass is 32.2. The van der Waals surface area contributed by atoms with E-state index in [-0.39, 0.29) is 5.75 Å². The van der Waals surface area contributed by atoms with Crippen molar-refractivity contribution < 1.29 is 8.42 Å². The smallest absolute Gasteiger partial charge is 0.232 e. The Morgan fingerprint density at radius 2 is 2.00 bits per heavy atom. The first-order chi connectivity index (χ1) is 8.16. The molecule has 0 radical (unpaired) electrons. The van der Waals surface area contributed by atoms with Gasteiger partial charge >= 0.3 is 0 Å². The molecule has 1 aliphatic rings. The van der Waals surface area contributed by atoms with Gasteiger partial charge in [0.1, 0.15) is 0 Å². The summed E-state index contributed by atoms with van der Waals surface area (Å²) >= 11 is 0. The van der Waals surface area contributed by atoms with Gasteiger partial charge in [-0.25, -0.2) is 8.42 Å². The lowest BCUT2D eigenvalue weighted by Gasteiger charge is -2.07. The van der Waals surface area contributed by atoms with Crippen LogP contribution in [0.4, 0.5) is 5.69 Å². The van der Waals surface area contributed by atoms with Gasteiger partial charge in [-0.15, -0.1) is 0 Å². The number of hydrogen-bond acceptors (Lipinski definition) is 4. The lowest BCUT2D eigenvalue weighted by molar-refractivity contribution is 0.593. The van der Waals surface area contributed by atoms with Crippen molar-refractivity contribution in [2.45, 2.75) is 25.3 Å². The van der Waals surface area contributed by atoms with Gasteiger partial charge in [0.2, 0.25) is 10.0 Å². The number of nitrogens with one attached hydrogen (secondary N) is 2. The third-order valence-corrected chi connectivity index (χ3v) is 3.93. The van der Waals surface area contributed by atoms with E-state index >= 15 is 0 Å². The molecule has 1 saturated carbocycles. The highest BCUT2D eigenvalue weighted by Gasteiger charge is 2.20. The summed E-state index contributed by atoms with van der Waals surface area (Å²) in [5.41, 5.74) is 0.565. The summed E-state index contributed by atoms with van der Waals surface area (Å²) in [5.74, 6) is 0.148. The van der Waals surface area contributed by atoms with Crippen LogP contribution >= 0.6 is 0 Å². The van der Waals surface area contributed by atoms with Crippen LogP contribution in [0.25, 0.3) is 0 Å². The topological polar surface area (TPSA) is 71.1 Å². The van der Waals surface area contributed by atoms with Crippen LogP contribution in [-0.2, 0) is 10.0 Å². The van der Waals surface area contributed by atoms with Crippen LogP contribution in [0.5, 0.6) is 0 Å². The van der Waals surface area contributed by atoms with Crippen LogP contribution in [0.15, 0.2) is 24.5 Å². The summed E-state index contributed by atoms with van der Waals surface area (Å²) in [6, 6.07) is 3.91. The standard InChI is InChI=1S/C11H17N3O2S/c15-17(16,9-1-6-13-10-2-3-10)14-11-4-7-12-8-5-11/h4-5,7-8,10,13H,1-3,6,9H2,(H,12,14). The minimum absolute atomic E-state index is 0.148. The maximum absolute atomic E-state index is 11.7. The number of pyridine rings is 1. The first kappa shape index (κ1) is 12.3. The van der Waals surface area contributed by atoms with Gasteiger partial charge in [-0.05, 0) is 37.9 Å². The van der Waals surface area contributed by atoms with Gasteiger partial charge in [0.05, 0.1) is 11.4 Å². The Morgan fingerprint density at radius 1 is 1.29 bits per heavy atom. The zero-order valence-electron chi connectivity index (χ0n) is 9.59. The maximum atomic E-state index is 11.7. The zero-order chi connectivity index (χ0) is 12.1. The Balaban J connectivity index is 1.73. The van der Waals surface area contributed by atoms with E-state index in [1.54, 1.807) is 24.5 Å². The summed E-state index contributed by atoms with van der Waals surface area (Å²) in [6.45, 7) is 0.766. The fraction of sp³-hybridized carbons (Fsp3) is 0.545. The third-order valence-electron chi connectivity index (χ3n) is 2.55. The van der Waals surface area contributed by atoms with Crippen LogP contribution in [0.3, 0.4) is 0 Å². The number of hydrogen-bond donors (Lipinski definition) is 2. The normalized spacial score (nSPS) is 15.8. The zero-order valence-corrected chi connectivity index (χ0v) is 10.4. The third kappa shape index (κ3) is 4.70. The molecule has 0 amide bonds. The quantitative estimate of drug-likeness (QED) is 0.712. The van der Waals surface area contributed by atoms with E-state index in [2.05, 4.69) is 15.0 Å². The van der Waals surface area contributed by atoms with Gasteiger partial charge in [-0.1, -0.05) is 0 Å². The number of rotatable bonds is 7. The molecule has 0 saturated heterocycles. The van der Waals surface area contributed by atoms with Gasteiger partial charge in [-0.2, -0.15) is 0 Å². The molecule has 1 aromatic rings. The highest BCUT2D eigenvalue weighted by molar-refractivity contribution is 7.92. The lowest BCUT2D eigenvalue weighted by atomic mass is 10.4. The van der Waals surface area contributed by atoms with Gasteiger partial charge in [-0.3, -0.25) is 9.71 Å². The molecule has 2 N–H and O–H groups in total. The van der Waals surface area contributed by atoms with E-state index in [0.29, 0.717) is 18.2 Å². The van der Waals surface area contributed by atoms with Crippen LogP contribution in [0, 0.1) is 0 Å². The Morgan fingerprint density at radius 3 is 2.65 bits per heavy atom. The molecule has 1 aliphatic carbocycles. The monoisotopic (exact) mass is 255 g/mol. The van der Waals surface area contributed by atoms with E-state index in [4.69, 9.17) is 0 Å². The molecule has 1 heterocycles. The van der Waals surface area contributed by atoms with Crippen molar-refractivity contribution in [3.8, 4) is 0 Å². The van der Waals surface area contributed by atoms with E-state index in [0.717, 1.165) is 6.54 Å². The van der Waals surface area contributed by atoms with Crippen molar-refractivity contribution in [2.75, 3.05) is 17.0 Å². The van der Waals surface area contributed by atoms with Crippen LogP contribution in [-0.4, -0.2) is 31.7 Å². The minimum Gasteiger partial charge on any atom is -0.314 e. The molecule has 0 aliphatic heterocycles. The lowest BCUT2D eigenvalue weighted by Crippen LogP contribution is -2.23. The van der Waals surface area contributed by atoms with Crippen molar-refractivity contribution in [1.29, 1.82) is 0 Å². The largest absolute Gasteiger partial charge is 0.314 e. The SMILES string of the molecule is O=S(=O)(CCCNC1CC1)Nc1ccncc1. The molecule has 0 spiro atoms. The number of nitrogens with zero attached hydrogens (tertiary/aromatic N) is 1. The Hall–Kier alpha value is -1.14. The maximum Gasteiger partial charge on any atom is 0.232 e. The molecule has 1 fully saturated rings. The van der Waals surface area contributed by atoms with E-state index in [1.807, 2.05) is 0 Å². The molecular formula is C11H17N3O2S. The number of aromatic nitrogens is 1. The molecule has 0 bridgehead atoms. The molecule has 0 aromatic carbocycles. The van der Waals surface area contributed by atoms with Crippen molar-refractivity contribution in [3.63, 3.8) is 0 Å². The first-order valence-corrected chi connectivity index (χ1v) is 7.45. The number of sulfonamides is 1. The van der Waals surface area contributed by atoms with Crippen molar-refractivity contribution >= 4 is 15.7 Å². The molecule has 17 heavy (non-hydrogen) atoms. The van der Waals surface area contributed by atoms with Crippen LogP contribution in [0.1, 0.15) is 19.3 Å². The predicted octanol–water partition coefficient (Wildman–Crippen LogP) is 0.965. The van der Waals surface area contributed by atoms with Gasteiger partial charge in [0.25, 0.3) is 0 Å². The summed E-state index contributed by atoms with van der Waals surface area (Å²) in [5, 5.41) is 3.29. The Labute approximate surface area is 102 Å². The second-order valence-corrected chi connectivity index (χ2v) is 6.08. The van der Waals surface area contributed by atoms with E-state index < -0.39 is 10.0 Å². The molecule has 94 valence electrons. The van der Waals surface area contributed by atoms with E-state index in [9.17, 15) is 8.42 Å². The van der Waals surface area contributed by atoms with Crippen molar-refractivity contribution in [2.24, 2.45) is 0 Å². The number of anilines is 1.